The summed E-state index contributed by atoms with van der Waals surface area (Å²) in [6, 6.07) is 0. The van der Waals surface area contributed by atoms with Crippen LogP contribution < -0.4 is 0 Å². The van der Waals surface area contributed by atoms with Gasteiger partial charge in [-0.1, -0.05) is 32.1 Å². The summed E-state index contributed by atoms with van der Waals surface area (Å²) >= 11 is 0. The van der Waals surface area contributed by atoms with Crippen molar-refractivity contribution in [1.29, 1.82) is 0 Å². The Bertz CT molecular complexity index is 371. The Morgan fingerprint density at radius 1 is 1.00 bits per heavy atom. The van der Waals surface area contributed by atoms with Gasteiger partial charge in [-0.3, -0.25) is 14.4 Å². The maximum atomic E-state index is 11.0. The van der Waals surface area contributed by atoms with E-state index in [1.54, 1.807) is 0 Å². The fraction of sp³-hybridized carbons (Fsp3) is 0.800. The summed E-state index contributed by atoms with van der Waals surface area (Å²) < 4.78 is 0. The van der Waals surface area contributed by atoms with Crippen molar-refractivity contribution in [1.82, 2.24) is 0 Å². The average molecular weight is 475 g/mol. The molecule has 0 bridgehead atoms. The zero-order valence-corrected chi connectivity index (χ0v) is 19.0. The normalized spacial score (nSPS) is 26.0. The molecule has 7 heteroatoms. The number of carbonyl (C=O) groups is 3. The molecule has 0 amide bonds. The Hall–Kier alpha value is 0.766. The molecule has 5 nitrogen and oxygen atoms in total. The van der Waals surface area contributed by atoms with Crippen LogP contribution in [0.25, 0.3) is 0 Å². The van der Waals surface area contributed by atoms with E-state index in [1.807, 2.05) is 0 Å². The maximum Gasteiger partial charge on any atom is 2.00 e. The summed E-state index contributed by atoms with van der Waals surface area (Å²) in [5.41, 5.74) is 0. The zero-order chi connectivity index (χ0) is 15.1. The number of hydrogen-bond donors (Lipinski definition) is 2. The molecule has 3 atom stereocenters. The molecular formula is C15H26BaO5V. The summed E-state index contributed by atoms with van der Waals surface area (Å²) in [5, 5.41) is 16.9. The van der Waals surface area contributed by atoms with E-state index in [2.05, 4.69) is 0 Å². The van der Waals surface area contributed by atoms with Crippen LogP contribution in [0.5, 0.6) is 0 Å². The van der Waals surface area contributed by atoms with Crippen molar-refractivity contribution < 1.29 is 46.0 Å². The van der Waals surface area contributed by atoms with Crippen molar-refractivity contribution in [3.8, 4) is 0 Å². The molecule has 0 saturated heterocycles. The molecular weight excluding hydrogens is 448 g/mol. The predicted molar refractivity (Wildman–Crippen MR) is 81.3 cm³/mol. The first-order chi connectivity index (χ1) is 9.41. The molecule has 0 aromatic carbocycles. The molecule has 0 spiro atoms. The van der Waals surface area contributed by atoms with Crippen LogP contribution in [0.1, 0.15) is 61.1 Å². The number of ketones is 1. The molecule has 3 unspecified atom stereocenters. The molecule has 1 radical (unpaired) electrons. The van der Waals surface area contributed by atoms with Gasteiger partial charge in [0.05, 0.1) is 5.92 Å². The van der Waals surface area contributed by atoms with E-state index in [0.29, 0.717) is 5.92 Å². The number of fused-ring (bicyclic) bond motifs is 1. The zero-order valence-electron chi connectivity index (χ0n) is 15.2. The van der Waals surface area contributed by atoms with Gasteiger partial charge >= 0.3 is 60.8 Å². The molecule has 2 saturated carbocycles. The molecule has 2 aliphatic rings. The number of hydrogen-bond acceptors (Lipinski definition) is 3. The fourth-order valence-electron chi connectivity index (χ4n) is 3.46. The van der Waals surface area contributed by atoms with Crippen LogP contribution in [-0.2, 0) is 32.9 Å². The van der Waals surface area contributed by atoms with E-state index in [4.69, 9.17) is 10.2 Å². The minimum atomic E-state index is -1.06. The number of Topliss-reactive ketones (excluding diaryl/α,β-unsaturated/α-hetero) is 1. The number of rotatable bonds is 3. The average Bonchev–Trinajstić information content (AvgIpc) is 2.37. The van der Waals surface area contributed by atoms with Crippen LogP contribution in [0.15, 0.2) is 0 Å². The third-order valence-corrected chi connectivity index (χ3v) is 4.29. The first-order valence-corrected chi connectivity index (χ1v) is 7.36. The molecule has 2 aliphatic carbocycles. The van der Waals surface area contributed by atoms with E-state index in [1.165, 1.54) is 39.0 Å². The minimum Gasteiger partial charge on any atom is -1.00 e. The molecule has 2 fully saturated rings. The van der Waals surface area contributed by atoms with Crippen LogP contribution >= 0.6 is 0 Å². The molecule has 123 valence electrons. The monoisotopic (exact) mass is 475 g/mol. The van der Waals surface area contributed by atoms with Crippen molar-refractivity contribution >= 4 is 66.6 Å². The second-order valence-electron chi connectivity index (χ2n) is 5.86. The summed E-state index contributed by atoms with van der Waals surface area (Å²) in [4.78, 5) is 30.5. The van der Waals surface area contributed by atoms with Gasteiger partial charge in [-0.2, -0.15) is 0 Å². The second kappa shape index (κ2) is 13.1. The topological polar surface area (TPSA) is 91.7 Å². The number of carboxylic acids is 2. The quantitative estimate of drug-likeness (QED) is 0.485. The molecule has 0 aromatic heterocycles. The van der Waals surface area contributed by atoms with Crippen LogP contribution in [0.2, 0.25) is 0 Å². The number of aliphatic carboxylic acids is 2. The molecule has 0 aromatic rings. The minimum absolute atomic E-state index is 0. The van der Waals surface area contributed by atoms with Crippen LogP contribution in [0, 0.1) is 17.8 Å². The van der Waals surface area contributed by atoms with Gasteiger partial charge in [-0.25, -0.2) is 0 Å². The second-order valence-corrected chi connectivity index (χ2v) is 5.86. The van der Waals surface area contributed by atoms with E-state index in [9.17, 15) is 14.4 Å². The Kier molecular flexibility index (Phi) is 14.9. The van der Waals surface area contributed by atoms with Crippen molar-refractivity contribution in [2.24, 2.45) is 17.8 Å². The largest absolute Gasteiger partial charge is 2.00 e. The number of carbonyl (C=O) groups excluding carboxylic acids is 1. The third kappa shape index (κ3) is 9.16. The van der Waals surface area contributed by atoms with E-state index < -0.39 is 11.9 Å². The van der Waals surface area contributed by atoms with Gasteiger partial charge in [0.25, 0.3) is 0 Å². The molecule has 0 heterocycles. The smallest absolute Gasteiger partial charge is 1.00 e. The van der Waals surface area contributed by atoms with E-state index in [0.717, 1.165) is 18.8 Å². The van der Waals surface area contributed by atoms with Crippen LogP contribution in [0.3, 0.4) is 0 Å². The van der Waals surface area contributed by atoms with E-state index >= 15 is 0 Å². The Morgan fingerprint density at radius 2 is 1.55 bits per heavy atom. The fourth-order valence-corrected chi connectivity index (χ4v) is 3.46. The number of carboxylic acid groups (broad SMARTS) is 2. The Balaban J connectivity index is -0.000000163. The Labute approximate surface area is 186 Å². The molecule has 2 N–H and O–H groups in total. The standard InChI is InChI=1S/C11H18O2.C4H6O3.Ba.V.2H/c12-11(13)10-7-3-5-8-4-1-2-6-9(8)10;1-3(5)2-4(6)7;;;;/h8-10H,1-7H2,(H,12,13);2H2,1H3,(H,6,7);;;;/q;;+2;;2*-1. The van der Waals surface area contributed by atoms with Gasteiger partial charge in [-0.15, -0.1) is 0 Å². The van der Waals surface area contributed by atoms with Crippen molar-refractivity contribution in [3.63, 3.8) is 0 Å². The predicted octanol–water partition coefficient (Wildman–Crippen LogP) is 2.57. The van der Waals surface area contributed by atoms with Crippen LogP contribution in [-0.4, -0.2) is 76.8 Å². The van der Waals surface area contributed by atoms with Crippen molar-refractivity contribution in [3.05, 3.63) is 0 Å². The summed E-state index contributed by atoms with van der Waals surface area (Å²) in [6.07, 6.45) is 8.03. The van der Waals surface area contributed by atoms with Gasteiger partial charge in [0, 0.05) is 18.6 Å². The van der Waals surface area contributed by atoms with Crippen molar-refractivity contribution in [2.75, 3.05) is 0 Å². The Morgan fingerprint density at radius 3 is 2.00 bits per heavy atom. The SMILES string of the molecule is CC(=O)CC(=O)O.O=C(O)C1CCCC2CCCCC21.[Ba+2].[H-].[H-].[V]. The van der Waals surface area contributed by atoms with Gasteiger partial charge in [0.2, 0.25) is 0 Å². The molecule has 2 rings (SSSR count). The summed E-state index contributed by atoms with van der Waals surface area (Å²) in [7, 11) is 0. The van der Waals surface area contributed by atoms with Gasteiger partial charge in [-0.05, 0) is 31.6 Å². The van der Waals surface area contributed by atoms with Crippen molar-refractivity contribution in [2.45, 2.75) is 58.3 Å². The first kappa shape index (κ1) is 25.0. The molecule has 0 aliphatic heterocycles. The summed E-state index contributed by atoms with van der Waals surface area (Å²) in [5.74, 6) is -0.681. The van der Waals surface area contributed by atoms with Gasteiger partial charge < -0.3 is 13.1 Å². The molecule has 22 heavy (non-hydrogen) atoms. The van der Waals surface area contributed by atoms with Gasteiger partial charge in [0.1, 0.15) is 12.2 Å². The summed E-state index contributed by atoms with van der Waals surface area (Å²) in [6.45, 7) is 1.24. The first-order valence-electron chi connectivity index (χ1n) is 7.36. The van der Waals surface area contributed by atoms with E-state index in [-0.39, 0.29) is 88.4 Å². The van der Waals surface area contributed by atoms with Gasteiger partial charge in [0.15, 0.2) is 0 Å². The third-order valence-electron chi connectivity index (χ3n) is 4.29. The van der Waals surface area contributed by atoms with Crippen LogP contribution in [0.4, 0.5) is 0 Å². The maximum absolute atomic E-state index is 11.0.